The smallest absolute Gasteiger partial charge is 0.330 e. The van der Waals surface area contributed by atoms with Gasteiger partial charge in [0.05, 0.1) is 6.61 Å². The van der Waals surface area contributed by atoms with E-state index in [4.69, 9.17) is 4.74 Å². The van der Waals surface area contributed by atoms with Crippen LogP contribution in [0.2, 0.25) is 0 Å². The van der Waals surface area contributed by atoms with Crippen LogP contribution in [0.25, 0.3) is 55.6 Å². The molecule has 0 aliphatic heterocycles. The van der Waals surface area contributed by atoms with Crippen LogP contribution in [0.15, 0.2) is 122 Å². The van der Waals surface area contributed by atoms with E-state index in [0.717, 1.165) is 12.8 Å². The van der Waals surface area contributed by atoms with Crippen LogP contribution in [0.4, 0.5) is 0 Å². The van der Waals surface area contributed by atoms with Crippen LogP contribution in [-0.4, -0.2) is 12.6 Å². The number of aryl methyl sites for hydroxylation is 1. The second kappa shape index (κ2) is 12.8. The Labute approximate surface area is 339 Å². The van der Waals surface area contributed by atoms with Crippen molar-refractivity contribution in [3.63, 3.8) is 0 Å². The summed E-state index contributed by atoms with van der Waals surface area (Å²) in [7, 11) is 0. The number of hydrogen-bond donors (Lipinski definition) is 0. The minimum absolute atomic E-state index is 0.0619. The summed E-state index contributed by atoms with van der Waals surface area (Å²) in [5.41, 5.74) is 23.9. The average molecular weight is 747 g/mol. The van der Waals surface area contributed by atoms with Crippen LogP contribution in [-0.2, 0) is 37.6 Å². The number of esters is 1. The summed E-state index contributed by atoms with van der Waals surface area (Å²) in [6.45, 7) is 25.1. The Morgan fingerprint density at radius 3 is 1.26 bits per heavy atom. The first-order valence-corrected chi connectivity index (χ1v) is 20.7. The molecule has 0 saturated carbocycles. The normalized spacial score (nSPS) is 15.9. The standard InChI is InChI=1S/C55H54O2/c1-11-51(56)57-26-12-13-33-14-20-39-40-21-15-34(28-46(40)53(5,6)45(39)27-33)35-16-22-41-42-23-17-36(30-48(42)54(7,8)47(41)29-35)37-18-24-43-44-25-19-38(52(2,3)4)32-50(44)55(9,10)49(43)31-37/h11,14-25,27-32H,1,12-13,26H2,2-10H3. The van der Waals surface area contributed by atoms with Crippen LogP contribution in [0, 0.1) is 0 Å². The van der Waals surface area contributed by atoms with E-state index in [1.165, 1.54) is 106 Å². The molecule has 0 fully saturated rings. The minimum atomic E-state index is -0.362. The third-order valence-electron chi connectivity index (χ3n) is 13.6. The highest BCUT2D eigenvalue weighted by Gasteiger charge is 2.39. The van der Waals surface area contributed by atoms with Crippen molar-refractivity contribution in [1.29, 1.82) is 0 Å². The highest BCUT2D eigenvalue weighted by Crippen LogP contribution is 2.54. The van der Waals surface area contributed by atoms with Crippen molar-refractivity contribution >= 4 is 5.97 Å². The van der Waals surface area contributed by atoms with Gasteiger partial charge in [0.15, 0.2) is 0 Å². The van der Waals surface area contributed by atoms with Crippen molar-refractivity contribution in [2.75, 3.05) is 6.61 Å². The van der Waals surface area contributed by atoms with E-state index in [1.54, 1.807) is 0 Å². The van der Waals surface area contributed by atoms with Crippen molar-refractivity contribution in [2.24, 2.45) is 0 Å². The summed E-state index contributed by atoms with van der Waals surface area (Å²) in [4.78, 5) is 11.5. The molecule has 3 aliphatic carbocycles. The Morgan fingerprint density at radius 2 is 0.877 bits per heavy atom. The molecule has 0 unspecified atom stereocenters. The number of rotatable bonds is 7. The van der Waals surface area contributed by atoms with Gasteiger partial charge in [-0.05, 0) is 143 Å². The number of carbonyl (C=O) groups is 1. The molecule has 2 heteroatoms. The lowest BCUT2D eigenvalue weighted by atomic mass is 9.78. The van der Waals surface area contributed by atoms with Crippen LogP contribution < -0.4 is 0 Å². The summed E-state index contributed by atoms with van der Waals surface area (Å²) < 4.78 is 5.22. The molecule has 2 nitrogen and oxygen atoms in total. The van der Waals surface area contributed by atoms with Crippen molar-refractivity contribution < 1.29 is 9.53 Å². The van der Waals surface area contributed by atoms with Gasteiger partial charge in [-0.15, -0.1) is 0 Å². The van der Waals surface area contributed by atoms with Gasteiger partial charge in [0, 0.05) is 22.3 Å². The van der Waals surface area contributed by atoms with E-state index in [-0.39, 0.29) is 27.6 Å². The van der Waals surface area contributed by atoms with Crippen molar-refractivity contribution in [1.82, 2.24) is 0 Å². The molecule has 0 N–H and O–H groups in total. The quantitative estimate of drug-likeness (QED) is 0.0924. The fraction of sp³-hybridized carbons (Fsp3) is 0.291. The minimum Gasteiger partial charge on any atom is -0.463 e. The van der Waals surface area contributed by atoms with Gasteiger partial charge in [-0.25, -0.2) is 4.79 Å². The van der Waals surface area contributed by atoms with Gasteiger partial charge in [0.1, 0.15) is 0 Å². The maximum Gasteiger partial charge on any atom is 0.330 e. The molecule has 0 amide bonds. The molecule has 0 aromatic heterocycles. The molecular formula is C55H54O2. The molecule has 9 rings (SSSR count). The predicted molar refractivity (Wildman–Crippen MR) is 238 cm³/mol. The first-order valence-electron chi connectivity index (χ1n) is 20.7. The predicted octanol–water partition coefficient (Wildman–Crippen LogP) is 13.9. The molecule has 6 aromatic carbocycles. The maximum atomic E-state index is 11.5. The summed E-state index contributed by atoms with van der Waals surface area (Å²) in [6.07, 6.45) is 2.87. The second-order valence-corrected chi connectivity index (χ2v) is 19.3. The van der Waals surface area contributed by atoms with E-state index in [0.29, 0.717) is 6.61 Å². The van der Waals surface area contributed by atoms with Gasteiger partial charge in [-0.1, -0.05) is 154 Å². The molecule has 0 spiro atoms. The monoisotopic (exact) mass is 746 g/mol. The zero-order chi connectivity index (χ0) is 40.2. The Hall–Kier alpha value is -5.47. The SMILES string of the molecule is C=CC(=O)OCCCc1ccc2c(c1)C(C)(C)c1cc(-c3ccc4c(c3)C(C)(C)c3cc(-c5ccc6c(c5)C(C)(C)c5cc(C(C)(C)C)ccc5-6)ccc3-4)ccc1-2. The number of benzene rings is 6. The van der Waals surface area contributed by atoms with E-state index in [9.17, 15) is 4.79 Å². The Kier molecular flexibility index (Phi) is 8.32. The Morgan fingerprint density at radius 1 is 0.526 bits per heavy atom. The fourth-order valence-electron chi connectivity index (χ4n) is 10.1. The van der Waals surface area contributed by atoms with Gasteiger partial charge in [-0.2, -0.15) is 0 Å². The van der Waals surface area contributed by atoms with Crippen LogP contribution in [0.3, 0.4) is 0 Å². The van der Waals surface area contributed by atoms with Crippen molar-refractivity contribution in [3.8, 4) is 55.6 Å². The van der Waals surface area contributed by atoms with Gasteiger partial charge in [0.25, 0.3) is 0 Å². The first kappa shape index (κ1) is 37.1. The topological polar surface area (TPSA) is 26.3 Å². The first-order chi connectivity index (χ1) is 27.0. The van der Waals surface area contributed by atoms with E-state index >= 15 is 0 Å². The molecule has 3 aliphatic rings. The molecule has 0 radical (unpaired) electrons. The third kappa shape index (κ3) is 5.78. The van der Waals surface area contributed by atoms with Gasteiger partial charge in [0.2, 0.25) is 0 Å². The Balaban J connectivity index is 0.997. The van der Waals surface area contributed by atoms with E-state index in [2.05, 4.69) is 178 Å². The van der Waals surface area contributed by atoms with Crippen molar-refractivity contribution in [3.05, 3.63) is 166 Å². The molecule has 6 aromatic rings. The number of fused-ring (bicyclic) bond motifs is 9. The molecule has 0 atom stereocenters. The highest BCUT2D eigenvalue weighted by molar-refractivity contribution is 5.89. The summed E-state index contributed by atoms with van der Waals surface area (Å²) >= 11 is 0. The second-order valence-electron chi connectivity index (χ2n) is 19.3. The number of ether oxygens (including phenoxy) is 1. The van der Waals surface area contributed by atoms with Crippen molar-refractivity contribution in [2.45, 2.75) is 96.8 Å². The molecular weight excluding hydrogens is 693 g/mol. The summed E-state index contributed by atoms with van der Waals surface area (Å²) in [5.74, 6) is -0.362. The van der Waals surface area contributed by atoms with Crippen LogP contribution in [0.5, 0.6) is 0 Å². The van der Waals surface area contributed by atoms with Crippen LogP contribution >= 0.6 is 0 Å². The lowest BCUT2D eigenvalue weighted by Crippen LogP contribution is -2.17. The summed E-state index contributed by atoms with van der Waals surface area (Å²) in [5, 5.41) is 0. The molecule has 0 saturated heterocycles. The molecule has 0 bridgehead atoms. The lowest BCUT2D eigenvalue weighted by molar-refractivity contribution is -0.137. The van der Waals surface area contributed by atoms with Gasteiger partial charge < -0.3 is 4.74 Å². The number of carbonyl (C=O) groups excluding carboxylic acids is 1. The zero-order valence-corrected chi connectivity index (χ0v) is 35.1. The molecule has 286 valence electrons. The van der Waals surface area contributed by atoms with Gasteiger partial charge in [-0.3, -0.25) is 0 Å². The largest absolute Gasteiger partial charge is 0.463 e. The average Bonchev–Trinajstić information content (AvgIpc) is 3.67. The highest BCUT2D eigenvalue weighted by atomic mass is 16.5. The zero-order valence-electron chi connectivity index (χ0n) is 35.1. The number of hydrogen-bond acceptors (Lipinski definition) is 2. The van der Waals surface area contributed by atoms with E-state index < -0.39 is 0 Å². The fourth-order valence-corrected chi connectivity index (χ4v) is 10.1. The Bertz CT molecular complexity index is 2670. The maximum absolute atomic E-state index is 11.5. The van der Waals surface area contributed by atoms with Gasteiger partial charge >= 0.3 is 5.97 Å². The molecule has 57 heavy (non-hydrogen) atoms. The van der Waals surface area contributed by atoms with E-state index in [1.807, 2.05) is 0 Å². The third-order valence-corrected chi connectivity index (χ3v) is 13.6. The van der Waals surface area contributed by atoms with Crippen LogP contribution in [0.1, 0.15) is 113 Å². The lowest BCUT2D eigenvalue weighted by Gasteiger charge is -2.25. The molecule has 0 heterocycles. The summed E-state index contributed by atoms with van der Waals surface area (Å²) in [6, 6.07) is 42.5.